The third kappa shape index (κ3) is 7.40. The van der Waals surface area contributed by atoms with Crippen LogP contribution >= 0.6 is 0 Å². The molecule has 228 valence electrons. The molecule has 13 nitrogen and oxygen atoms in total. The van der Waals surface area contributed by atoms with Crippen LogP contribution in [0.2, 0.25) is 0 Å². The number of carbonyl (C=O) groups is 2. The van der Waals surface area contributed by atoms with Crippen molar-refractivity contribution in [3.63, 3.8) is 0 Å². The van der Waals surface area contributed by atoms with Crippen LogP contribution in [-0.4, -0.2) is 89.4 Å². The maximum atomic E-state index is 12.6. The van der Waals surface area contributed by atoms with Gasteiger partial charge < -0.3 is 18.9 Å². The smallest absolute Gasteiger partial charge is 0.330 e. The Morgan fingerprint density at radius 1 is 1.02 bits per heavy atom. The fourth-order valence-electron chi connectivity index (χ4n) is 5.40. The number of ether oxygens (including phenoxy) is 4. The molecule has 0 bridgehead atoms. The molecule has 2 saturated heterocycles. The molecule has 3 aliphatic heterocycles. The molecule has 0 saturated carbocycles. The van der Waals surface area contributed by atoms with E-state index in [4.69, 9.17) is 23.8 Å². The van der Waals surface area contributed by atoms with Crippen LogP contribution in [0, 0.1) is 12.8 Å². The summed E-state index contributed by atoms with van der Waals surface area (Å²) in [5, 5.41) is 4.10. The van der Waals surface area contributed by atoms with Gasteiger partial charge in [0.25, 0.3) is 11.5 Å². The molecule has 2 N–H and O–H groups in total. The number of likely N-dealkylation sites (N-methyl/N-ethyl adjacent to an activating group) is 1. The van der Waals surface area contributed by atoms with E-state index in [-0.39, 0.29) is 43.0 Å². The highest BCUT2D eigenvalue weighted by Crippen LogP contribution is 2.34. The van der Waals surface area contributed by atoms with E-state index in [2.05, 4.69) is 10.3 Å². The number of hydrogen-bond donors (Lipinski definition) is 2. The number of H-pyrrole nitrogens is 1. The van der Waals surface area contributed by atoms with Crippen LogP contribution in [0.15, 0.2) is 27.4 Å². The second-order valence-electron chi connectivity index (χ2n) is 11.5. The van der Waals surface area contributed by atoms with Gasteiger partial charge in [-0.2, -0.15) is 5.06 Å². The summed E-state index contributed by atoms with van der Waals surface area (Å²) >= 11 is 0. The largest absolute Gasteiger partial charge is 0.376 e. The minimum Gasteiger partial charge on any atom is -0.376 e. The van der Waals surface area contributed by atoms with Gasteiger partial charge in [-0.05, 0) is 48.0 Å². The van der Waals surface area contributed by atoms with Gasteiger partial charge in [0.1, 0.15) is 12.3 Å². The molecule has 3 aliphatic rings. The first-order valence-electron chi connectivity index (χ1n) is 14.1. The van der Waals surface area contributed by atoms with Gasteiger partial charge in [-0.25, -0.2) is 4.79 Å². The average Bonchev–Trinajstić information content (AvgIpc) is 3.49. The number of rotatable bonds is 11. The van der Waals surface area contributed by atoms with E-state index in [0.29, 0.717) is 30.6 Å². The summed E-state index contributed by atoms with van der Waals surface area (Å²) in [6.45, 7) is 11.5. The van der Waals surface area contributed by atoms with Crippen LogP contribution in [0.5, 0.6) is 0 Å². The SMILES string of the molecule is CC1=CC([C@H]2C[C@@H](N(C)OC[C@H]3O[C@@H](n4cc(C)c(=O)[nH]c4=O)C[C@H]3OC(C)C)[C@@H](COC(C)C)O2)C(=O)NC1=O. The van der Waals surface area contributed by atoms with Gasteiger partial charge >= 0.3 is 5.69 Å². The van der Waals surface area contributed by atoms with Gasteiger partial charge in [-0.1, -0.05) is 6.08 Å². The van der Waals surface area contributed by atoms with Crippen LogP contribution in [-0.2, 0) is 33.4 Å². The molecule has 1 aromatic heterocycles. The zero-order valence-electron chi connectivity index (χ0n) is 24.7. The van der Waals surface area contributed by atoms with Gasteiger partial charge in [0.15, 0.2) is 0 Å². The number of imide groups is 1. The Morgan fingerprint density at radius 3 is 2.44 bits per heavy atom. The van der Waals surface area contributed by atoms with E-state index in [1.54, 1.807) is 32.0 Å². The molecule has 1 unspecified atom stereocenters. The maximum Gasteiger partial charge on any atom is 0.330 e. The number of hydrogen-bond acceptors (Lipinski definition) is 10. The van der Waals surface area contributed by atoms with Crippen molar-refractivity contribution in [1.29, 1.82) is 0 Å². The summed E-state index contributed by atoms with van der Waals surface area (Å²) < 4.78 is 25.9. The molecule has 4 heterocycles. The van der Waals surface area contributed by atoms with Crippen molar-refractivity contribution >= 4 is 11.8 Å². The van der Waals surface area contributed by atoms with Crippen LogP contribution in [0.4, 0.5) is 0 Å². The Kier molecular flexibility index (Phi) is 9.98. The first kappa shape index (κ1) is 31.3. The van der Waals surface area contributed by atoms with Crippen molar-refractivity contribution < 1.29 is 33.4 Å². The van der Waals surface area contributed by atoms with E-state index >= 15 is 0 Å². The number of aromatic nitrogens is 2. The lowest BCUT2D eigenvalue weighted by molar-refractivity contribution is -0.213. The van der Waals surface area contributed by atoms with Crippen LogP contribution in [0.1, 0.15) is 59.3 Å². The highest BCUT2D eigenvalue weighted by Gasteiger charge is 2.45. The van der Waals surface area contributed by atoms with E-state index < -0.39 is 41.5 Å². The van der Waals surface area contributed by atoms with Crippen molar-refractivity contribution in [2.45, 2.75) is 103 Å². The Balaban J connectivity index is 1.46. The van der Waals surface area contributed by atoms with E-state index in [0.717, 1.165) is 0 Å². The number of carbonyl (C=O) groups excluding carboxylic acids is 2. The lowest BCUT2D eigenvalue weighted by Gasteiger charge is -2.30. The van der Waals surface area contributed by atoms with Crippen LogP contribution in [0.25, 0.3) is 0 Å². The molecule has 41 heavy (non-hydrogen) atoms. The molecular weight excluding hydrogens is 536 g/mol. The van der Waals surface area contributed by atoms with E-state index in [1.807, 2.05) is 27.7 Å². The zero-order chi connectivity index (χ0) is 30.0. The van der Waals surface area contributed by atoms with E-state index in [1.165, 1.54) is 10.8 Å². The summed E-state index contributed by atoms with van der Waals surface area (Å²) in [4.78, 5) is 57.4. The third-order valence-electron chi connectivity index (χ3n) is 7.57. The predicted molar refractivity (Wildman–Crippen MR) is 147 cm³/mol. The topological polar surface area (TPSA) is 150 Å². The molecule has 7 atom stereocenters. The molecule has 13 heteroatoms. The number of nitrogens with zero attached hydrogens (tertiary/aromatic N) is 2. The van der Waals surface area contributed by atoms with E-state index in [9.17, 15) is 19.2 Å². The summed E-state index contributed by atoms with van der Waals surface area (Å²) in [7, 11) is 1.80. The third-order valence-corrected chi connectivity index (χ3v) is 7.57. The highest BCUT2D eigenvalue weighted by atomic mass is 16.7. The zero-order valence-corrected chi connectivity index (χ0v) is 24.7. The van der Waals surface area contributed by atoms with Crippen molar-refractivity contribution in [2.75, 3.05) is 20.3 Å². The molecular formula is C28H42N4O9. The highest BCUT2D eigenvalue weighted by molar-refractivity contribution is 6.08. The minimum atomic E-state index is -0.630. The number of aryl methyl sites for hydroxylation is 1. The Hall–Kier alpha value is -2.68. The van der Waals surface area contributed by atoms with Crippen molar-refractivity contribution in [3.8, 4) is 0 Å². The second-order valence-corrected chi connectivity index (χ2v) is 11.5. The molecule has 1 aromatic rings. The van der Waals surface area contributed by atoms with Crippen molar-refractivity contribution in [2.24, 2.45) is 5.92 Å². The van der Waals surface area contributed by atoms with Gasteiger partial charge in [-0.15, -0.1) is 0 Å². The van der Waals surface area contributed by atoms with Crippen LogP contribution in [0.3, 0.4) is 0 Å². The quantitative estimate of drug-likeness (QED) is 0.287. The Morgan fingerprint density at radius 2 is 1.76 bits per heavy atom. The van der Waals surface area contributed by atoms with Gasteiger partial charge in [0.2, 0.25) is 5.91 Å². The summed E-state index contributed by atoms with van der Waals surface area (Å²) in [5.74, 6) is -1.38. The van der Waals surface area contributed by atoms with Gasteiger partial charge in [0, 0.05) is 30.8 Å². The Bertz CT molecular complexity index is 1260. The van der Waals surface area contributed by atoms with Crippen molar-refractivity contribution in [1.82, 2.24) is 19.9 Å². The molecule has 0 radical (unpaired) electrons. The first-order chi connectivity index (χ1) is 19.3. The fourth-order valence-corrected chi connectivity index (χ4v) is 5.40. The molecule has 4 rings (SSSR count). The summed E-state index contributed by atoms with van der Waals surface area (Å²) in [5.41, 5.74) is -0.105. The van der Waals surface area contributed by atoms with Crippen molar-refractivity contribution in [3.05, 3.63) is 44.2 Å². The molecule has 2 amide bonds. The number of nitrogens with one attached hydrogen (secondary N) is 2. The average molecular weight is 579 g/mol. The molecule has 0 spiro atoms. The number of aromatic amines is 1. The predicted octanol–water partition coefficient (Wildman–Crippen LogP) is 0.960. The summed E-state index contributed by atoms with van der Waals surface area (Å²) in [6, 6.07) is -0.246. The summed E-state index contributed by atoms with van der Waals surface area (Å²) in [6.07, 6.45) is 1.63. The lowest BCUT2D eigenvalue weighted by Crippen LogP contribution is -2.44. The second kappa shape index (κ2) is 13.1. The van der Waals surface area contributed by atoms with Gasteiger partial charge in [-0.3, -0.25) is 34.1 Å². The molecule has 0 aromatic carbocycles. The minimum absolute atomic E-state index is 0.0139. The first-order valence-corrected chi connectivity index (χ1v) is 14.1. The lowest BCUT2D eigenvalue weighted by atomic mass is 9.92. The fraction of sp³-hybridized carbons (Fsp3) is 0.714. The normalized spacial score (nSPS) is 30.5. The molecule has 2 fully saturated rings. The number of hydroxylamine groups is 2. The number of amides is 2. The molecule has 0 aliphatic carbocycles. The maximum absolute atomic E-state index is 12.6. The van der Waals surface area contributed by atoms with Crippen LogP contribution < -0.4 is 16.6 Å². The standard InChI is InChI=1S/C28H42N4O9/c1-14(2)37-12-22-19(9-20(40-22)18-8-16(5)25(33)29-27(18)35)31(7)38-13-23-21(39-15(3)4)10-24(41-23)32-11-17(6)26(34)30-28(32)36/h8,11,14-15,18-24H,9-10,12-13H2,1-7H3,(H,29,33,35)(H,30,34,36)/t18?,19-,20-,21-,22-,23-,24-/m1/s1. The van der Waals surface area contributed by atoms with Gasteiger partial charge in [0.05, 0.1) is 55.7 Å². The monoisotopic (exact) mass is 578 g/mol. The Labute approximate surface area is 239 Å².